The van der Waals surface area contributed by atoms with Crippen molar-refractivity contribution in [1.29, 1.82) is 0 Å². The molecular weight excluding hydrogens is 142 g/mol. The Morgan fingerprint density at radius 1 is 1.36 bits per heavy atom. The van der Waals surface area contributed by atoms with Crippen molar-refractivity contribution in [3.8, 4) is 0 Å². The van der Waals surface area contributed by atoms with Crippen LogP contribution in [0.5, 0.6) is 0 Å². The highest BCUT2D eigenvalue weighted by Crippen LogP contribution is 1.89. The zero-order valence-corrected chi connectivity index (χ0v) is 7.31. The SMILES string of the molecule is CCC(=O)CNC(=O)C(C)C. The molecule has 1 amide bonds. The van der Waals surface area contributed by atoms with Gasteiger partial charge in [-0.05, 0) is 0 Å². The number of carbonyl (C=O) groups is 2. The summed E-state index contributed by atoms with van der Waals surface area (Å²) in [5.74, 6) is -0.0366. The van der Waals surface area contributed by atoms with Crippen LogP contribution in [0, 0.1) is 5.92 Å². The van der Waals surface area contributed by atoms with Crippen LogP contribution in [0.25, 0.3) is 0 Å². The predicted molar refractivity (Wildman–Crippen MR) is 43.1 cm³/mol. The van der Waals surface area contributed by atoms with Gasteiger partial charge in [-0.1, -0.05) is 20.8 Å². The van der Waals surface area contributed by atoms with Crippen molar-refractivity contribution in [2.75, 3.05) is 6.54 Å². The average Bonchev–Trinajstić information content (AvgIpc) is 1.99. The molecule has 11 heavy (non-hydrogen) atoms. The first-order chi connectivity index (χ1) is 5.07. The van der Waals surface area contributed by atoms with E-state index in [2.05, 4.69) is 5.32 Å². The Labute approximate surface area is 67.2 Å². The van der Waals surface area contributed by atoms with Crippen molar-refractivity contribution in [1.82, 2.24) is 5.32 Å². The molecule has 3 heteroatoms. The van der Waals surface area contributed by atoms with E-state index in [0.717, 1.165) is 0 Å². The maximum absolute atomic E-state index is 10.9. The number of amides is 1. The summed E-state index contributed by atoms with van der Waals surface area (Å²) in [6, 6.07) is 0. The number of hydrogen-bond acceptors (Lipinski definition) is 2. The third-order valence-electron chi connectivity index (χ3n) is 1.38. The second kappa shape index (κ2) is 4.88. The lowest BCUT2D eigenvalue weighted by atomic mass is 10.2. The van der Waals surface area contributed by atoms with Crippen molar-refractivity contribution >= 4 is 11.7 Å². The van der Waals surface area contributed by atoms with Gasteiger partial charge in [0, 0.05) is 12.3 Å². The second-order valence-corrected chi connectivity index (χ2v) is 2.76. The van der Waals surface area contributed by atoms with Crippen LogP contribution in [-0.2, 0) is 9.59 Å². The molecule has 1 N–H and O–H groups in total. The van der Waals surface area contributed by atoms with E-state index in [9.17, 15) is 9.59 Å². The van der Waals surface area contributed by atoms with E-state index in [-0.39, 0.29) is 24.2 Å². The molecule has 0 bridgehead atoms. The zero-order valence-electron chi connectivity index (χ0n) is 7.31. The van der Waals surface area contributed by atoms with Crippen molar-refractivity contribution in [2.45, 2.75) is 27.2 Å². The minimum atomic E-state index is -0.0631. The monoisotopic (exact) mass is 157 g/mol. The Kier molecular flexibility index (Phi) is 4.50. The van der Waals surface area contributed by atoms with E-state index in [1.807, 2.05) is 0 Å². The van der Waals surface area contributed by atoms with E-state index in [0.29, 0.717) is 6.42 Å². The summed E-state index contributed by atoms with van der Waals surface area (Å²) in [4.78, 5) is 21.6. The largest absolute Gasteiger partial charge is 0.349 e. The number of carbonyl (C=O) groups excluding carboxylic acids is 2. The van der Waals surface area contributed by atoms with Gasteiger partial charge in [-0.15, -0.1) is 0 Å². The quantitative estimate of drug-likeness (QED) is 0.654. The molecule has 0 radical (unpaired) electrons. The third kappa shape index (κ3) is 4.53. The van der Waals surface area contributed by atoms with E-state index in [1.165, 1.54) is 0 Å². The van der Waals surface area contributed by atoms with Crippen LogP contribution in [0.15, 0.2) is 0 Å². The first-order valence-electron chi connectivity index (χ1n) is 3.87. The van der Waals surface area contributed by atoms with E-state index < -0.39 is 0 Å². The van der Waals surface area contributed by atoms with Crippen LogP contribution in [-0.4, -0.2) is 18.2 Å². The highest BCUT2D eigenvalue weighted by molar-refractivity contribution is 5.86. The molecular formula is C8H15NO2. The van der Waals surface area contributed by atoms with Crippen molar-refractivity contribution in [3.05, 3.63) is 0 Å². The van der Waals surface area contributed by atoms with Crippen LogP contribution in [0.1, 0.15) is 27.2 Å². The Hall–Kier alpha value is -0.860. The van der Waals surface area contributed by atoms with Gasteiger partial charge in [-0.3, -0.25) is 9.59 Å². The van der Waals surface area contributed by atoms with Gasteiger partial charge in [0.05, 0.1) is 6.54 Å². The van der Waals surface area contributed by atoms with E-state index in [1.54, 1.807) is 20.8 Å². The number of hydrogen-bond donors (Lipinski definition) is 1. The smallest absolute Gasteiger partial charge is 0.222 e. The normalized spacial score (nSPS) is 9.82. The van der Waals surface area contributed by atoms with Gasteiger partial charge >= 0.3 is 0 Å². The van der Waals surface area contributed by atoms with Crippen LogP contribution >= 0.6 is 0 Å². The molecule has 0 aliphatic rings. The molecule has 0 aliphatic carbocycles. The topological polar surface area (TPSA) is 46.2 Å². The van der Waals surface area contributed by atoms with Crippen molar-refractivity contribution in [3.63, 3.8) is 0 Å². The lowest BCUT2D eigenvalue weighted by Crippen LogP contribution is -2.32. The summed E-state index contributed by atoms with van der Waals surface area (Å²) in [6.07, 6.45) is 0.484. The first kappa shape index (κ1) is 10.1. The predicted octanol–water partition coefficient (Wildman–Crippen LogP) is 0.738. The lowest BCUT2D eigenvalue weighted by Gasteiger charge is -2.05. The van der Waals surface area contributed by atoms with Crippen molar-refractivity contribution < 1.29 is 9.59 Å². The lowest BCUT2D eigenvalue weighted by molar-refractivity contribution is -0.127. The highest BCUT2D eigenvalue weighted by atomic mass is 16.2. The Morgan fingerprint density at radius 2 is 1.91 bits per heavy atom. The minimum Gasteiger partial charge on any atom is -0.349 e. The molecule has 0 saturated carbocycles. The first-order valence-corrected chi connectivity index (χ1v) is 3.87. The van der Waals surface area contributed by atoms with Crippen LogP contribution < -0.4 is 5.32 Å². The fraction of sp³-hybridized carbons (Fsp3) is 0.750. The molecule has 0 aromatic rings. The molecule has 0 rings (SSSR count). The maximum Gasteiger partial charge on any atom is 0.222 e. The molecule has 0 saturated heterocycles. The van der Waals surface area contributed by atoms with Gasteiger partial charge < -0.3 is 5.32 Å². The van der Waals surface area contributed by atoms with E-state index >= 15 is 0 Å². The van der Waals surface area contributed by atoms with Gasteiger partial charge in [0.25, 0.3) is 0 Å². The minimum absolute atomic E-state index is 0.0420. The summed E-state index contributed by atoms with van der Waals surface area (Å²) < 4.78 is 0. The molecule has 0 aromatic heterocycles. The summed E-state index contributed by atoms with van der Waals surface area (Å²) in [5.41, 5.74) is 0. The Bertz CT molecular complexity index is 152. The summed E-state index contributed by atoms with van der Waals surface area (Å²) in [5, 5.41) is 2.54. The fourth-order valence-corrected chi connectivity index (χ4v) is 0.515. The molecule has 3 nitrogen and oxygen atoms in total. The number of rotatable bonds is 4. The number of nitrogens with one attached hydrogen (secondary N) is 1. The number of Topliss-reactive ketones (excluding diaryl/α,β-unsaturated/α-hetero) is 1. The highest BCUT2D eigenvalue weighted by Gasteiger charge is 2.06. The molecule has 0 aromatic carbocycles. The van der Waals surface area contributed by atoms with Crippen molar-refractivity contribution in [2.24, 2.45) is 5.92 Å². The molecule has 0 aliphatic heterocycles. The molecule has 0 unspecified atom stereocenters. The molecule has 0 heterocycles. The van der Waals surface area contributed by atoms with E-state index in [4.69, 9.17) is 0 Å². The van der Waals surface area contributed by atoms with Gasteiger partial charge in [0.15, 0.2) is 5.78 Å². The Morgan fingerprint density at radius 3 is 2.27 bits per heavy atom. The molecule has 0 spiro atoms. The Balaban J connectivity index is 3.54. The van der Waals surface area contributed by atoms with Gasteiger partial charge in [-0.2, -0.15) is 0 Å². The second-order valence-electron chi connectivity index (χ2n) is 2.76. The van der Waals surface area contributed by atoms with Crippen LogP contribution in [0.2, 0.25) is 0 Å². The molecule has 0 atom stereocenters. The third-order valence-corrected chi connectivity index (χ3v) is 1.38. The maximum atomic E-state index is 10.9. The van der Waals surface area contributed by atoms with Crippen LogP contribution in [0.3, 0.4) is 0 Å². The molecule has 64 valence electrons. The number of ketones is 1. The zero-order chi connectivity index (χ0) is 8.85. The summed E-state index contributed by atoms with van der Waals surface area (Å²) in [7, 11) is 0. The van der Waals surface area contributed by atoms with Gasteiger partial charge in [0.2, 0.25) is 5.91 Å². The average molecular weight is 157 g/mol. The summed E-state index contributed by atoms with van der Waals surface area (Å²) >= 11 is 0. The summed E-state index contributed by atoms with van der Waals surface area (Å²) in [6.45, 7) is 5.55. The molecule has 0 fully saturated rings. The standard InChI is InChI=1S/C8H15NO2/c1-4-7(10)5-9-8(11)6(2)3/h6H,4-5H2,1-3H3,(H,9,11). The van der Waals surface area contributed by atoms with Gasteiger partial charge in [0.1, 0.15) is 0 Å². The van der Waals surface area contributed by atoms with Crippen LogP contribution in [0.4, 0.5) is 0 Å². The van der Waals surface area contributed by atoms with Gasteiger partial charge in [-0.25, -0.2) is 0 Å². The fourth-order valence-electron chi connectivity index (χ4n) is 0.515.